The number of nitrogens with zero attached hydrogens (tertiary/aromatic N) is 2. The summed E-state index contributed by atoms with van der Waals surface area (Å²) in [6, 6.07) is 57.7. The van der Waals surface area contributed by atoms with E-state index in [1.54, 1.807) is 0 Å². The minimum absolute atomic E-state index is 0.436. The van der Waals surface area contributed by atoms with Crippen LogP contribution in [-0.2, 0) is 11.1 Å². The van der Waals surface area contributed by atoms with Gasteiger partial charge in [0.25, 0.3) is 0 Å². The van der Waals surface area contributed by atoms with Crippen molar-refractivity contribution >= 4 is 11.4 Å². The Hall–Kier alpha value is -5.08. The molecule has 216 valence electrons. The van der Waals surface area contributed by atoms with Crippen LogP contribution in [-0.4, -0.2) is 14.1 Å². The largest absolute Gasteiger partial charge is 0.361 e. The molecule has 0 N–H and O–H groups in total. The summed E-state index contributed by atoms with van der Waals surface area (Å²) in [5, 5.41) is 0. The fourth-order valence-corrected chi connectivity index (χ4v) is 7.11. The fourth-order valence-electron chi connectivity index (χ4n) is 7.11. The summed E-state index contributed by atoms with van der Waals surface area (Å²) in [4.78, 5) is 4.92. The van der Waals surface area contributed by atoms with Crippen LogP contribution in [0.4, 0.5) is 11.4 Å². The van der Waals surface area contributed by atoms with Crippen LogP contribution in [0.15, 0.2) is 158 Å². The van der Waals surface area contributed by atoms with Crippen LogP contribution in [0.1, 0.15) is 36.1 Å². The van der Waals surface area contributed by atoms with E-state index in [9.17, 15) is 0 Å². The van der Waals surface area contributed by atoms with Gasteiger partial charge in [-0.05, 0) is 71.5 Å². The predicted molar refractivity (Wildman–Crippen MR) is 186 cm³/mol. The second kappa shape index (κ2) is 10.9. The van der Waals surface area contributed by atoms with Crippen molar-refractivity contribution in [2.45, 2.75) is 24.9 Å². The van der Waals surface area contributed by atoms with Crippen LogP contribution in [0.25, 0.3) is 22.3 Å². The Balaban J connectivity index is 1.59. The second-order valence-corrected chi connectivity index (χ2v) is 12.2. The smallest absolute Gasteiger partial charge is 0.0875 e. The Labute approximate surface area is 261 Å². The summed E-state index contributed by atoms with van der Waals surface area (Å²) in [6.07, 6.45) is 0. The molecule has 1 aliphatic rings. The zero-order chi connectivity index (χ0) is 30.3. The van der Waals surface area contributed by atoms with Crippen LogP contribution in [0, 0.1) is 0 Å². The lowest BCUT2D eigenvalue weighted by molar-refractivity contribution is 0.556. The van der Waals surface area contributed by atoms with Gasteiger partial charge >= 0.3 is 0 Å². The standard InChI is InChI=1S/C42H38N2/c1-41(33-19-7-5-8-20-33)35-23-15-17-31(29-35)38-26-12-14-28-40(38)44(4)42(2,34-21-9-6-10-22-34)36-24-16-18-32(30-36)37-25-11-13-27-39(37)43(41)3/h5-30H,1-4H3. The Morgan fingerprint density at radius 2 is 0.705 bits per heavy atom. The molecule has 6 aromatic rings. The minimum atomic E-state index is -0.436. The van der Waals surface area contributed by atoms with Gasteiger partial charge in [0, 0.05) is 36.6 Å². The van der Waals surface area contributed by atoms with Crippen molar-refractivity contribution in [3.8, 4) is 22.3 Å². The van der Waals surface area contributed by atoms with E-state index in [4.69, 9.17) is 0 Å². The molecule has 0 spiro atoms. The zero-order valence-electron chi connectivity index (χ0n) is 25.9. The number of anilines is 2. The fraction of sp³-hybridized carbons (Fsp3) is 0.143. The summed E-state index contributed by atoms with van der Waals surface area (Å²) < 4.78 is 0. The van der Waals surface area contributed by atoms with Gasteiger partial charge in [0.15, 0.2) is 0 Å². The zero-order valence-corrected chi connectivity index (χ0v) is 25.9. The van der Waals surface area contributed by atoms with Crippen molar-refractivity contribution in [3.05, 3.63) is 180 Å². The SMILES string of the molecule is CN1c2ccccc2-c2cccc(c2)C(C)(c2ccccc2)N(C)c2ccccc2-c2cccc(c2)C1(C)c1ccccc1. The molecule has 4 bridgehead atoms. The van der Waals surface area contributed by atoms with Crippen LogP contribution in [0.3, 0.4) is 0 Å². The topological polar surface area (TPSA) is 6.48 Å². The number of hydrogen-bond acceptors (Lipinski definition) is 2. The molecule has 1 aliphatic heterocycles. The van der Waals surface area contributed by atoms with E-state index in [0.717, 1.165) is 0 Å². The van der Waals surface area contributed by atoms with Crippen molar-refractivity contribution < 1.29 is 0 Å². The maximum atomic E-state index is 2.46. The lowest BCUT2D eigenvalue weighted by Crippen LogP contribution is -2.43. The molecule has 2 nitrogen and oxygen atoms in total. The van der Waals surface area contributed by atoms with E-state index in [1.165, 1.54) is 55.9 Å². The van der Waals surface area contributed by atoms with Gasteiger partial charge < -0.3 is 9.80 Å². The first kappa shape index (κ1) is 27.7. The molecule has 0 amide bonds. The molecule has 2 heteroatoms. The first-order valence-corrected chi connectivity index (χ1v) is 15.4. The molecule has 0 aromatic heterocycles. The van der Waals surface area contributed by atoms with Crippen molar-refractivity contribution in [2.75, 3.05) is 23.9 Å². The van der Waals surface area contributed by atoms with Gasteiger partial charge in [-0.15, -0.1) is 0 Å². The van der Waals surface area contributed by atoms with E-state index in [1.807, 2.05) is 0 Å². The Morgan fingerprint density at radius 3 is 1.11 bits per heavy atom. The predicted octanol–water partition coefficient (Wildman–Crippen LogP) is 10.1. The summed E-state index contributed by atoms with van der Waals surface area (Å²) in [7, 11) is 4.48. The average molecular weight is 571 g/mol. The van der Waals surface area contributed by atoms with Gasteiger partial charge in [0.1, 0.15) is 0 Å². The molecular weight excluding hydrogens is 532 g/mol. The molecule has 2 unspecified atom stereocenters. The van der Waals surface area contributed by atoms with Gasteiger partial charge in [-0.2, -0.15) is 0 Å². The Morgan fingerprint density at radius 1 is 0.364 bits per heavy atom. The first-order valence-electron chi connectivity index (χ1n) is 15.4. The van der Waals surface area contributed by atoms with E-state index in [2.05, 4.69) is 195 Å². The van der Waals surface area contributed by atoms with Crippen molar-refractivity contribution in [2.24, 2.45) is 0 Å². The van der Waals surface area contributed by atoms with E-state index >= 15 is 0 Å². The number of hydrogen-bond donors (Lipinski definition) is 0. The monoisotopic (exact) mass is 570 g/mol. The Kier molecular flexibility index (Phi) is 6.86. The molecule has 0 fully saturated rings. The van der Waals surface area contributed by atoms with Gasteiger partial charge in [-0.25, -0.2) is 0 Å². The summed E-state index contributed by atoms with van der Waals surface area (Å²) in [5.74, 6) is 0. The summed E-state index contributed by atoms with van der Waals surface area (Å²) in [5.41, 5.74) is 11.3. The van der Waals surface area contributed by atoms with Gasteiger partial charge in [0.2, 0.25) is 0 Å². The molecule has 0 radical (unpaired) electrons. The summed E-state index contributed by atoms with van der Waals surface area (Å²) >= 11 is 0. The van der Waals surface area contributed by atoms with Crippen molar-refractivity contribution in [3.63, 3.8) is 0 Å². The van der Waals surface area contributed by atoms with E-state index < -0.39 is 11.1 Å². The lowest BCUT2D eigenvalue weighted by atomic mass is 9.79. The van der Waals surface area contributed by atoms with Crippen LogP contribution >= 0.6 is 0 Å². The third-order valence-electron chi connectivity index (χ3n) is 10.0. The van der Waals surface area contributed by atoms with E-state index in [-0.39, 0.29) is 0 Å². The molecule has 44 heavy (non-hydrogen) atoms. The highest BCUT2D eigenvalue weighted by Gasteiger charge is 2.38. The van der Waals surface area contributed by atoms with E-state index in [0.29, 0.717) is 0 Å². The highest BCUT2D eigenvalue weighted by Crippen LogP contribution is 2.46. The van der Waals surface area contributed by atoms with Crippen molar-refractivity contribution in [1.29, 1.82) is 0 Å². The normalized spacial score (nSPS) is 19.5. The molecule has 2 atom stereocenters. The third kappa shape index (κ3) is 4.33. The molecule has 0 saturated heterocycles. The Bertz CT molecular complexity index is 1790. The van der Waals surface area contributed by atoms with Gasteiger partial charge in [-0.1, -0.05) is 133 Å². The van der Waals surface area contributed by atoms with Crippen LogP contribution in [0.5, 0.6) is 0 Å². The summed E-state index contributed by atoms with van der Waals surface area (Å²) in [6.45, 7) is 4.70. The second-order valence-electron chi connectivity index (χ2n) is 12.2. The van der Waals surface area contributed by atoms with Crippen molar-refractivity contribution in [1.82, 2.24) is 0 Å². The third-order valence-corrected chi connectivity index (χ3v) is 10.0. The van der Waals surface area contributed by atoms with Gasteiger partial charge in [0.05, 0.1) is 11.1 Å². The first-order chi connectivity index (χ1) is 21.4. The molecule has 1 heterocycles. The van der Waals surface area contributed by atoms with Gasteiger partial charge in [-0.3, -0.25) is 0 Å². The molecular formula is C42H38N2. The highest BCUT2D eigenvalue weighted by molar-refractivity contribution is 5.83. The van der Waals surface area contributed by atoms with Crippen LogP contribution in [0.2, 0.25) is 0 Å². The molecule has 7 rings (SSSR count). The van der Waals surface area contributed by atoms with Crippen LogP contribution < -0.4 is 9.80 Å². The highest BCUT2D eigenvalue weighted by atomic mass is 15.2. The maximum Gasteiger partial charge on any atom is 0.0875 e. The molecule has 0 saturated carbocycles. The average Bonchev–Trinajstić information content (AvgIpc) is 3.10. The lowest BCUT2D eigenvalue weighted by Gasteiger charge is -2.44. The number of benzene rings is 6. The molecule has 6 aromatic carbocycles. The number of rotatable bonds is 2. The maximum absolute atomic E-state index is 2.46. The molecule has 0 aliphatic carbocycles. The minimum Gasteiger partial charge on any atom is -0.361 e. The number of para-hydroxylation sites is 2. The quantitative estimate of drug-likeness (QED) is 0.204. The number of fused-ring (bicyclic) bond motifs is 8.